The number of hydrogen-bond donors (Lipinski definition) is 3. The number of para-hydroxylation sites is 1. The molecule has 0 bridgehead atoms. The first kappa shape index (κ1) is 18.9. The molecule has 3 N–H and O–H groups in total. The fourth-order valence-corrected chi connectivity index (χ4v) is 3.22. The van der Waals surface area contributed by atoms with Gasteiger partial charge in [-0.1, -0.05) is 36.4 Å². The van der Waals surface area contributed by atoms with Crippen LogP contribution < -0.4 is 16.0 Å². The highest BCUT2D eigenvalue weighted by atomic mass is 19.1. The summed E-state index contributed by atoms with van der Waals surface area (Å²) in [5, 5.41) is 9.35. The van der Waals surface area contributed by atoms with E-state index in [-0.39, 0.29) is 17.6 Å². The number of nitrogens with zero attached hydrogens (tertiary/aromatic N) is 1. The van der Waals surface area contributed by atoms with Crippen LogP contribution in [-0.4, -0.2) is 31.5 Å². The first-order chi connectivity index (χ1) is 13.2. The molecule has 2 aromatic rings. The second kappa shape index (κ2) is 9.16. The van der Waals surface area contributed by atoms with Crippen LogP contribution in [0.4, 0.5) is 10.1 Å². The Morgan fingerprint density at radius 2 is 1.96 bits per heavy atom. The van der Waals surface area contributed by atoms with Gasteiger partial charge in [-0.25, -0.2) is 4.39 Å². The lowest BCUT2D eigenvalue weighted by Gasteiger charge is -2.24. The third kappa shape index (κ3) is 5.06. The Bertz CT molecular complexity index is 821. The lowest BCUT2D eigenvalue weighted by atomic mass is 9.91. The van der Waals surface area contributed by atoms with Crippen molar-refractivity contribution in [1.82, 2.24) is 10.6 Å². The van der Waals surface area contributed by atoms with Gasteiger partial charge in [-0.05, 0) is 36.6 Å². The predicted octanol–water partition coefficient (Wildman–Crippen LogP) is 3.05. The summed E-state index contributed by atoms with van der Waals surface area (Å²) < 4.78 is 13.7. The van der Waals surface area contributed by atoms with Gasteiger partial charge in [-0.2, -0.15) is 0 Å². The van der Waals surface area contributed by atoms with Crippen molar-refractivity contribution in [2.24, 2.45) is 4.99 Å². The Kier molecular flexibility index (Phi) is 6.41. The number of carbonyl (C=O) groups excluding carboxylic acids is 1. The molecule has 1 atom stereocenters. The van der Waals surface area contributed by atoms with Crippen LogP contribution in [0.3, 0.4) is 0 Å². The maximum atomic E-state index is 13.7. The smallest absolute Gasteiger partial charge is 0.225 e. The number of fused-ring (bicyclic) bond motifs is 1. The van der Waals surface area contributed by atoms with Crippen LogP contribution in [0.5, 0.6) is 0 Å². The van der Waals surface area contributed by atoms with E-state index in [0.717, 1.165) is 17.8 Å². The van der Waals surface area contributed by atoms with Gasteiger partial charge in [0.1, 0.15) is 5.82 Å². The topological polar surface area (TPSA) is 65.5 Å². The van der Waals surface area contributed by atoms with Gasteiger partial charge in [0.25, 0.3) is 0 Å². The van der Waals surface area contributed by atoms with Crippen molar-refractivity contribution >= 4 is 17.6 Å². The van der Waals surface area contributed by atoms with E-state index in [2.05, 4.69) is 20.9 Å². The van der Waals surface area contributed by atoms with Crippen molar-refractivity contribution in [3.63, 3.8) is 0 Å². The van der Waals surface area contributed by atoms with Gasteiger partial charge in [0.05, 0.1) is 6.54 Å². The molecule has 2 aromatic carbocycles. The van der Waals surface area contributed by atoms with Crippen LogP contribution in [0, 0.1) is 5.82 Å². The third-order valence-corrected chi connectivity index (χ3v) is 4.57. The van der Waals surface area contributed by atoms with E-state index >= 15 is 0 Å². The van der Waals surface area contributed by atoms with E-state index < -0.39 is 0 Å². The van der Waals surface area contributed by atoms with Crippen LogP contribution in [0.2, 0.25) is 0 Å². The number of benzene rings is 2. The Balaban J connectivity index is 1.62. The van der Waals surface area contributed by atoms with Crippen molar-refractivity contribution in [3.05, 3.63) is 65.5 Å². The largest absolute Gasteiger partial charge is 0.357 e. The minimum absolute atomic E-state index is 0.0198. The van der Waals surface area contributed by atoms with Crippen molar-refractivity contribution in [3.8, 4) is 0 Å². The van der Waals surface area contributed by atoms with Gasteiger partial charge in [-0.3, -0.25) is 9.79 Å². The Hall–Kier alpha value is -2.89. The van der Waals surface area contributed by atoms with Gasteiger partial charge in [-0.15, -0.1) is 0 Å². The summed E-state index contributed by atoms with van der Waals surface area (Å²) in [4.78, 5) is 16.6. The number of rotatable bonds is 6. The van der Waals surface area contributed by atoms with Crippen molar-refractivity contribution < 1.29 is 9.18 Å². The standard InChI is InChI=1S/C21H25FN4O/c1-2-23-21(24-12-11-15-7-3-5-9-18(15)22)25-14-16-13-20(27)26-19-10-6-4-8-17(16)19/h3-10,16H,2,11-14H2,1H3,(H,26,27)(H2,23,24,25). The molecule has 0 spiro atoms. The Morgan fingerprint density at radius 3 is 2.78 bits per heavy atom. The average molecular weight is 368 g/mol. The third-order valence-electron chi connectivity index (χ3n) is 4.57. The van der Waals surface area contributed by atoms with Crippen molar-refractivity contribution in [2.75, 3.05) is 25.0 Å². The molecule has 1 aliphatic rings. The molecule has 27 heavy (non-hydrogen) atoms. The molecule has 0 aliphatic carbocycles. The maximum absolute atomic E-state index is 13.7. The molecular formula is C21H25FN4O. The molecule has 142 valence electrons. The Labute approximate surface area is 159 Å². The average Bonchev–Trinajstić information content (AvgIpc) is 2.67. The first-order valence-electron chi connectivity index (χ1n) is 9.31. The molecule has 0 fully saturated rings. The molecule has 1 unspecified atom stereocenters. The monoisotopic (exact) mass is 368 g/mol. The molecule has 1 amide bonds. The molecule has 1 heterocycles. The number of aliphatic imine (C=N–C) groups is 1. The summed E-state index contributed by atoms with van der Waals surface area (Å²) in [7, 11) is 0. The maximum Gasteiger partial charge on any atom is 0.225 e. The summed E-state index contributed by atoms with van der Waals surface area (Å²) in [5.41, 5.74) is 2.66. The molecule has 0 saturated heterocycles. The SMILES string of the molecule is CCNC(=NCC1CC(=O)Nc2ccccc21)NCCc1ccccc1F. The quantitative estimate of drug-likeness (QED) is 0.542. The van der Waals surface area contributed by atoms with E-state index in [1.54, 1.807) is 12.1 Å². The number of guanidine groups is 1. The van der Waals surface area contributed by atoms with Crippen LogP contribution in [0.25, 0.3) is 0 Å². The lowest BCUT2D eigenvalue weighted by molar-refractivity contribution is -0.116. The summed E-state index contributed by atoms with van der Waals surface area (Å²) in [5.74, 6) is 0.562. The van der Waals surface area contributed by atoms with E-state index in [4.69, 9.17) is 0 Å². The second-order valence-corrected chi connectivity index (χ2v) is 6.52. The van der Waals surface area contributed by atoms with Crippen LogP contribution in [-0.2, 0) is 11.2 Å². The highest BCUT2D eigenvalue weighted by molar-refractivity contribution is 5.94. The normalized spacial score (nSPS) is 16.4. The summed E-state index contributed by atoms with van der Waals surface area (Å²) in [6, 6.07) is 14.6. The van der Waals surface area contributed by atoms with Gasteiger partial charge in [0.15, 0.2) is 5.96 Å². The Morgan fingerprint density at radius 1 is 1.19 bits per heavy atom. The second-order valence-electron chi connectivity index (χ2n) is 6.52. The van der Waals surface area contributed by atoms with Crippen LogP contribution >= 0.6 is 0 Å². The summed E-state index contributed by atoms with van der Waals surface area (Å²) in [6.07, 6.45) is 1.00. The van der Waals surface area contributed by atoms with Gasteiger partial charge in [0.2, 0.25) is 5.91 Å². The molecule has 0 aromatic heterocycles. The van der Waals surface area contributed by atoms with E-state index in [0.29, 0.717) is 37.5 Å². The molecular weight excluding hydrogens is 343 g/mol. The van der Waals surface area contributed by atoms with E-state index in [1.165, 1.54) is 6.07 Å². The molecule has 5 nitrogen and oxygen atoms in total. The number of halogens is 1. The predicted molar refractivity (Wildman–Crippen MR) is 107 cm³/mol. The summed E-state index contributed by atoms with van der Waals surface area (Å²) in [6.45, 7) is 3.82. The van der Waals surface area contributed by atoms with Gasteiger partial charge < -0.3 is 16.0 Å². The van der Waals surface area contributed by atoms with Crippen molar-refractivity contribution in [1.29, 1.82) is 0 Å². The first-order valence-corrected chi connectivity index (χ1v) is 9.31. The summed E-state index contributed by atoms with van der Waals surface area (Å²) >= 11 is 0. The zero-order valence-corrected chi connectivity index (χ0v) is 15.5. The molecule has 0 radical (unpaired) electrons. The van der Waals surface area contributed by atoms with Gasteiger partial charge >= 0.3 is 0 Å². The van der Waals surface area contributed by atoms with Crippen LogP contribution in [0.1, 0.15) is 30.4 Å². The number of amides is 1. The molecule has 0 saturated carbocycles. The van der Waals surface area contributed by atoms with E-state index in [9.17, 15) is 9.18 Å². The fourth-order valence-electron chi connectivity index (χ4n) is 3.22. The zero-order valence-electron chi connectivity index (χ0n) is 15.5. The highest BCUT2D eigenvalue weighted by Gasteiger charge is 2.24. The van der Waals surface area contributed by atoms with Gasteiger partial charge in [0, 0.05) is 31.1 Å². The number of carbonyl (C=O) groups is 1. The number of nitrogens with one attached hydrogen (secondary N) is 3. The fraction of sp³-hybridized carbons (Fsp3) is 0.333. The molecule has 1 aliphatic heterocycles. The van der Waals surface area contributed by atoms with E-state index in [1.807, 2.05) is 37.3 Å². The lowest BCUT2D eigenvalue weighted by Crippen LogP contribution is -2.39. The minimum atomic E-state index is -0.189. The zero-order chi connectivity index (χ0) is 19.1. The number of hydrogen-bond acceptors (Lipinski definition) is 2. The highest BCUT2D eigenvalue weighted by Crippen LogP contribution is 2.31. The van der Waals surface area contributed by atoms with Crippen molar-refractivity contribution in [2.45, 2.75) is 25.7 Å². The molecule has 3 rings (SSSR count). The number of anilines is 1. The minimum Gasteiger partial charge on any atom is -0.357 e. The molecule has 6 heteroatoms. The van der Waals surface area contributed by atoms with Crippen LogP contribution in [0.15, 0.2) is 53.5 Å².